The van der Waals surface area contributed by atoms with Crippen molar-refractivity contribution in [3.63, 3.8) is 0 Å². The number of carbonyl (C=O) groups is 2. The lowest BCUT2D eigenvalue weighted by Crippen LogP contribution is -2.39. The maximum Gasteiger partial charge on any atom is 0.276 e. The van der Waals surface area contributed by atoms with E-state index in [-0.39, 0.29) is 30.1 Å². The maximum atomic E-state index is 12.4. The van der Waals surface area contributed by atoms with Crippen molar-refractivity contribution >= 4 is 17.5 Å². The number of nitrogens with one attached hydrogen (secondary N) is 1. The van der Waals surface area contributed by atoms with Crippen LogP contribution in [0.4, 0.5) is 5.69 Å². The maximum absolute atomic E-state index is 12.4. The zero-order chi connectivity index (χ0) is 19.2. The highest BCUT2D eigenvalue weighted by molar-refractivity contribution is 6.02. The largest absolute Gasteiger partial charge is 0.343 e. The van der Waals surface area contributed by atoms with Crippen LogP contribution in [0.25, 0.3) is 0 Å². The fraction of sp³-hybridized carbons (Fsp3) is 0.400. The molecule has 1 aromatic heterocycles. The van der Waals surface area contributed by atoms with E-state index in [1.54, 1.807) is 12.1 Å². The molecule has 0 atom stereocenters. The van der Waals surface area contributed by atoms with Gasteiger partial charge in [-0.3, -0.25) is 14.4 Å². The SMILES string of the molecule is CC1CCN(C(=O)CCn2nc(C(=O)Nc3ccccc3)ccc2=O)CC1. The fourth-order valence-electron chi connectivity index (χ4n) is 3.06. The van der Waals surface area contributed by atoms with Crippen LogP contribution in [0, 0.1) is 5.92 Å². The number of nitrogens with zero attached hydrogens (tertiary/aromatic N) is 3. The lowest BCUT2D eigenvalue weighted by molar-refractivity contribution is -0.132. The number of aromatic nitrogens is 2. The molecule has 142 valence electrons. The molecule has 0 unspecified atom stereocenters. The second-order valence-electron chi connectivity index (χ2n) is 6.91. The van der Waals surface area contributed by atoms with Crippen LogP contribution < -0.4 is 10.9 Å². The molecule has 1 saturated heterocycles. The van der Waals surface area contributed by atoms with Gasteiger partial charge < -0.3 is 10.2 Å². The summed E-state index contributed by atoms with van der Waals surface area (Å²) in [5.74, 6) is 0.277. The number of aryl methyl sites for hydroxylation is 1. The molecular formula is C20H24N4O3. The quantitative estimate of drug-likeness (QED) is 0.876. The Kier molecular flexibility index (Phi) is 6.01. The van der Waals surface area contributed by atoms with Gasteiger partial charge in [-0.1, -0.05) is 25.1 Å². The number of anilines is 1. The third kappa shape index (κ3) is 5.03. The molecule has 3 rings (SSSR count). The lowest BCUT2D eigenvalue weighted by Gasteiger charge is -2.30. The summed E-state index contributed by atoms with van der Waals surface area (Å²) in [6.45, 7) is 3.89. The van der Waals surface area contributed by atoms with Crippen LogP contribution in [-0.4, -0.2) is 39.6 Å². The number of piperidine rings is 1. The number of hydrogen-bond acceptors (Lipinski definition) is 4. The van der Waals surface area contributed by atoms with Gasteiger partial charge in [0, 0.05) is 31.3 Å². The van der Waals surface area contributed by atoms with Crippen molar-refractivity contribution in [1.29, 1.82) is 0 Å². The van der Waals surface area contributed by atoms with Crippen LogP contribution in [0.15, 0.2) is 47.3 Å². The summed E-state index contributed by atoms with van der Waals surface area (Å²) in [5.41, 5.74) is 0.459. The first-order chi connectivity index (χ1) is 13.0. The summed E-state index contributed by atoms with van der Waals surface area (Å²) in [4.78, 5) is 38.6. The highest BCUT2D eigenvalue weighted by Gasteiger charge is 2.20. The molecule has 0 saturated carbocycles. The standard InChI is InChI=1S/C20H24N4O3/c1-15-9-12-23(13-10-15)18(25)11-14-24-19(26)8-7-17(22-24)20(27)21-16-5-3-2-4-6-16/h2-8,15H,9-14H2,1H3,(H,21,27). The number of carbonyl (C=O) groups excluding carboxylic acids is 2. The molecule has 0 radical (unpaired) electrons. The Hall–Kier alpha value is -2.96. The van der Waals surface area contributed by atoms with Crippen LogP contribution >= 0.6 is 0 Å². The van der Waals surface area contributed by atoms with Crippen molar-refractivity contribution in [2.24, 2.45) is 5.92 Å². The van der Waals surface area contributed by atoms with Gasteiger partial charge in [0.15, 0.2) is 0 Å². The Morgan fingerprint density at radius 1 is 1.11 bits per heavy atom. The summed E-state index contributed by atoms with van der Waals surface area (Å²) in [6.07, 6.45) is 2.23. The topological polar surface area (TPSA) is 84.3 Å². The number of para-hydroxylation sites is 1. The third-order valence-corrected chi connectivity index (χ3v) is 4.80. The normalized spacial score (nSPS) is 14.8. The summed E-state index contributed by atoms with van der Waals surface area (Å²) in [7, 11) is 0. The van der Waals surface area contributed by atoms with Crippen LogP contribution in [0.2, 0.25) is 0 Å². The first kappa shape index (κ1) is 18.8. The number of hydrogen-bond donors (Lipinski definition) is 1. The molecule has 2 amide bonds. The fourth-order valence-corrected chi connectivity index (χ4v) is 3.06. The highest BCUT2D eigenvalue weighted by atomic mass is 16.2. The van der Waals surface area contributed by atoms with E-state index in [1.807, 2.05) is 23.1 Å². The number of amides is 2. The van der Waals surface area contributed by atoms with Crippen molar-refractivity contribution in [1.82, 2.24) is 14.7 Å². The van der Waals surface area contributed by atoms with Crippen molar-refractivity contribution in [3.8, 4) is 0 Å². The summed E-state index contributed by atoms with van der Waals surface area (Å²) >= 11 is 0. The zero-order valence-electron chi connectivity index (χ0n) is 15.4. The lowest BCUT2D eigenvalue weighted by atomic mass is 9.99. The van der Waals surface area contributed by atoms with Gasteiger partial charge in [-0.15, -0.1) is 0 Å². The van der Waals surface area contributed by atoms with Gasteiger partial charge in [0.1, 0.15) is 5.69 Å². The molecule has 1 aliphatic heterocycles. The molecule has 1 fully saturated rings. The molecule has 0 aliphatic carbocycles. The Morgan fingerprint density at radius 3 is 2.52 bits per heavy atom. The molecule has 7 nitrogen and oxygen atoms in total. The molecule has 27 heavy (non-hydrogen) atoms. The van der Waals surface area contributed by atoms with Crippen LogP contribution in [0.5, 0.6) is 0 Å². The minimum atomic E-state index is -0.397. The van der Waals surface area contributed by atoms with E-state index in [2.05, 4.69) is 17.3 Å². The number of benzene rings is 1. The van der Waals surface area contributed by atoms with Crippen LogP contribution in [-0.2, 0) is 11.3 Å². The second kappa shape index (κ2) is 8.62. The average molecular weight is 368 g/mol. The molecule has 0 spiro atoms. The average Bonchev–Trinajstić information content (AvgIpc) is 2.68. The third-order valence-electron chi connectivity index (χ3n) is 4.80. The van der Waals surface area contributed by atoms with E-state index in [0.29, 0.717) is 11.6 Å². The van der Waals surface area contributed by atoms with Gasteiger partial charge in [0.25, 0.3) is 11.5 Å². The minimum absolute atomic E-state index is 0.0229. The number of likely N-dealkylation sites (tertiary alicyclic amines) is 1. The smallest absolute Gasteiger partial charge is 0.276 e. The Labute approximate surface area is 158 Å². The predicted octanol–water partition coefficient (Wildman–Crippen LogP) is 2.14. The van der Waals surface area contributed by atoms with Gasteiger partial charge >= 0.3 is 0 Å². The Balaban J connectivity index is 1.62. The zero-order valence-corrected chi connectivity index (χ0v) is 15.4. The van der Waals surface area contributed by atoms with E-state index in [1.165, 1.54) is 16.8 Å². The van der Waals surface area contributed by atoms with Gasteiger partial charge in [0.2, 0.25) is 5.91 Å². The van der Waals surface area contributed by atoms with Gasteiger partial charge in [-0.25, -0.2) is 4.68 Å². The van der Waals surface area contributed by atoms with E-state index >= 15 is 0 Å². The summed E-state index contributed by atoms with van der Waals surface area (Å²) in [6, 6.07) is 11.7. The molecule has 1 aromatic carbocycles. The van der Waals surface area contributed by atoms with E-state index in [9.17, 15) is 14.4 Å². The Bertz CT molecular complexity index is 855. The summed E-state index contributed by atoms with van der Waals surface area (Å²) in [5, 5.41) is 6.85. The number of rotatable bonds is 5. The van der Waals surface area contributed by atoms with Crippen LogP contribution in [0.3, 0.4) is 0 Å². The van der Waals surface area contributed by atoms with Crippen LogP contribution in [0.1, 0.15) is 36.7 Å². The second-order valence-corrected chi connectivity index (χ2v) is 6.91. The Morgan fingerprint density at radius 2 is 1.81 bits per heavy atom. The molecule has 7 heteroatoms. The van der Waals surface area contributed by atoms with Crippen molar-refractivity contribution in [3.05, 3.63) is 58.5 Å². The van der Waals surface area contributed by atoms with Gasteiger partial charge in [-0.2, -0.15) is 5.10 Å². The van der Waals surface area contributed by atoms with Crippen molar-refractivity contribution in [2.75, 3.05) is 18.4 Å². The van der Waals surface area contributed by atoms with E-state index in [0.717, 1.165) is 25.9 Å². The molecule has 2 aromatic rings. The van der Waals surface area contributed by atoms with E-state index < -0.39 is 5.91 Å². The van der Waals surface area contributed by atoms with Gasteiger partial charge in [-0.05, 0) is 37.0 Å². The van der Waals surface area contributed by atoms with E-state index in [4.69, 9.17) is 0 Å². The predicted molar refractivity (Wildman–Crippen MR) is 102 cm³/mol. The molecule has 0 bridgehead atoms. The molecule has 1 aliphatic rings. The molecule has 2 heterocycles. The first-order valence-electron chi connectivity index (χ1n) is 9.25. The highest BCUT2D eigenvalue weighted by Crippen LogP contribution is 2.16. The summed E-state index contributed by atoms with van der Waals surface area (Å²) < 4.78 is 1.18. The molecular weight excluding hydrogens is 344 g/mol. The minimum Gasteiger partial charge on any atom is -0.343 e. The molecule has 1 N–H and O–H groups in total. The van der Waals surface area contributed by atoms with Crippen molar-refractivity contribution in [2.45, 2.75) is 32.7 Å². The monoisotopic (exact) mass is 368 g/mol. The first-order valence-corrected chi connectivity index (χ1v) is 9.25. The van der Waals surface area contributed by atoms with Crippen molar-refractivity contribution < 1.29 is 9.59 Å². The van der Waals surface area contributed by atoms with Gasteiger partial charge in [0.05, 0.1) is 6.54 Å².